The van der Waals surface area contributed by atoms with Crippen LogP contribution in [0.3, 0.4) is 0 Å². The van der Waals surface area contributed by atoms with Crippen LogP contribution in [0.1, 0.15) is 145 Å². The average Bonchev–Trinajstić information content (AvgIpc) is 2.57. The first kappa shape index (κ1) is 74.0. The third-order valence-electron chi connectivity index (χ3n) is 1.10. The summed E-state index contributed by atoms with van der Waals surface area (Å²) in [6, 6.07) is 0. The smallest absolute Gasteiger partial charge is 0.0563 e. The zero-order chi connectivity index (χ0) is 33.5. The Balaban J connectivity index is -0.0000000276. The predicted octanol–water partition coefficient (Wildman–Crippen LogP) is 7.47. The predicted molar refractivity (Wildman–Crippen MR) is 172 cm³/mol. The van der Waals surface area contributed by atoms with Crippen molar-refractivity contribution in [1.29, 1.82) is 0 Å². The quantitative estimate of drug-likeness (QED) is 0.134. The summed E-state index contributed by atoms with van der Waals surface area (Å²) in [5, 5.41) is 50.0. The van der Waals surface area contributed by atoms with Gasteiger partial charge in [-0.05, 0) is 80.1 Å². The molecule has 0 unspecified atom stereocenters. The Labute approximate surface area is 305 Å². The monoisotopic (exact) mass is 702 g/mol. The van der Waals surface area contributed by atoms with Crippen molar-refractivity contribution in [3.05, 3.63) is 11.8 Å². The standard InChI is InChI=1S/6C4H10O.2C4H9.3Ti/c3*1-4(2,3)5;3*1-4(2)3-5;2*1-4(2)3;;;/h3*5H,1-3H3;3*4-5H,3H2,1-2H3;2*1-3H3;;;/q;;;;;;2*-1;;;. The number of aliphatic hydroxyl groups is 6. The second kappa shape index (κ2) is 48.8. The average molecular weight is 703 g/mol. The van der Waals surface area contributed by atoms with Gasteiger partial charge in [0.15, 0.2) is 0 Å². The molecule has 0 aliphatic rings. The Kier molecular flexibility index (Phi) is 88.1. The van der Waals surface area contributed by atoms with Crippen LogP contribution in [0.15, 0.2) is 0 Å². The fourth-order valence-corrected chi connectivity index (χ4v) is 0. The van der Waals surface area contributed by atoms with Gasteiger partial charge in [-0.1, -0.05) is 41.5 Å². The molecular formula is C32H78O6Ti3-2. The Morgan fingerprint density at radius 1 is 0.390 bits per heavy atom. The number of rotatable bonds is 3. The minimum atomic E-state index is -0.500. The Bertz CT molecular complexity index is 296. The zero-order valence-corrected chi connectivity index (χ0v) is 36.2. The molecule has 0 spiro atoms. The van der Waals surface area contributed by atoms with E-state index in [1.165, 1.54) is 11.8 Å². The summed E-state index contributed by atoms with van der Waals surface area (Å²) in [5.41, 5.74) is -1.50. The van der Waals surface area contributed by atoms with Crippen molar-refractivity contribution in [2.45, 2.75) is 162 Å². The zero-order valence-electron chi connectivity index (χ0n) is 31.5. The number of hydrogen-bond acceptors (Lipinski definition) is 6. The SMILES string of the molecule is CC(C)(C)O.CC(C)(C)O.CC(C)(C)O.CC(C)CO.CC(C)CO.CC(C)CO.C[C-](C)C.C[C-](C)C.[Ti].[Ti].[Ti]. The molecule has 0 heterocycles. The topological polar surface area (TPSA) is 121 Å². The first-order chi connectivity index (χ1) is 16.3. The maximum absolute atomic E-state index is 8.52. The van der Waals surface area contributed by atoms with Gasteiger partial charge >= 0.3 is 0 Å². The van der Waals surface area contributed by atoms with Gasteiger partial charge in [-0.3, -0.25) is 0 Å². The fraction of sp³-hybridized carbons (Fsp3) is 0.938. The van der Waals surface area contributed by atoms with E-state index in [1.807, 2.05) is 41.5 Å². The van der Waals surface area contributed by atoms with E-state index in [0.717, 1.165) is 0 Å². The summed E-state index contributed by atoms with van der Waals surface area (Å²) < 4.78 is 0. The van der Waals surface area contributed by atoms with E-state index in [2.05, 4.69) is 41.5 Å². The molecule has 0 fully saturated rings. The van der Waals surface area contributed by atoms with E-state index in [-0.39, 0.29) is 65.2 Å². The summed E-state index contributed by atoms with van der Waals surface area (Å²) in [5.74, 6) is 4.15. The van der Waals surface area contributed by atoms with E-state index >= 15 is 0 Å². The molecule has 9 heteroatoms. The molecule has 6 nitrogen and oxygen atoms in total. The first-order valence-electron chi connectivity index (χ1n) is 13.8. The largest absolute Gasteiger partial charge is 0.396 e. The van der Waals surface area contributed by atoms with Gasteiger partial charge in [0.25, 0.3) is 0 Å². The van der Waals surface area contributed by atoms with E-state index in [1.54, 1.807) is 62.3 Å². The maximum atomic E-state index is 8.52. The van der Waals surface area contributed by atoms with E-state index in [0.29, 0.717) is 37.6 Å². The Morgan fingerprint density at radius 3 is 0.415 bits per heavy atom. The van der Waals surface area contributed by atoms with Crippen LogP contribution in [0.5, 0.6) is 0 Å². The molecule has 0 radical (unpaired) electrons. The molecule has 0 atom stereocenters. The molecule has 0 bridgehead atoms. The van der Waals surface area contributed by atoms with Gasteiger partial charge in [0, 0.05) is 85.0 Å². The molecule has 256 valence electrons. The molecule has 41 heavy (non-hydrogen) atoms. The van der Waals surface area contributed by atoms with Crippen molar-refractivity contribution in [3.8, 4) is 0 Å². The van der Waals surface area contributed by atoms with Crippen LogP contribution in [-0.2, 0) is 65.2 Å². The van der Waals surface area contributed by atoms with Crippen molar-refractivity contribution in [3.63, 3.8) is 0 Å². The van der Waals surface area contributed by atoms with Crippen LogP contribution in [0.25, 0.3) is 0 Å². The van der Waals surface area contributed by atoms with E-state index in [9.17, 15) is 0 Å². The van der Waals surface area contributed by atoms with Crippen LogP contribution in [0, 0.1) is 29.6 Å². The van der Waals surface area contributed by atoms with Crippen LogP contribution < -0.4 is 0 Å². The van der Waals surface area contributed by atoms with Crippen molar-refractivity contribution in [2.75, 3.05) is 19.8 Å². The van der Waals surface area contributed by atoms with Gasteiger partial charge in [-0.15, -0.1) is 0 Å². The fourth-order valence-electron chi connectivity index (χ4n) is 0. The molecule has 0 aromatic heterocycles. The van der Waals surface area contributed by atoms with Crippen LogP contribution in [0.2, 0.25) is 0 Å². The second-order valence-corrected chi connectivity index (χ2v) is 14.2. The van der Waals surface area contributed by atoms with Crippen molar-refractivity contribution in [2.24, 2.45) is 17.8 Å². The van der Waals surface area contributed by atoms with Crippen molar-refractivity contribution in [1.82, 2.24) is 0 Å². The Morgan fingerprint density at radius 2 is 0.415 bits per heavy atom. The molecule has 0 aromatic carbocycles. The molecule has 6 N–H and O–H groups in total. The molecule has 0 aliphatic heterocycles. The molecule has 0 saturated carbocycles. The van der Waals surface area contributed by atoms with E-state index in [4.69, 9.17) is 30.6 Å². The molecular weight excluding hydrogens is 624 g/mol. The summed E-state index contributed by atoms with van der Waals surface area (Å²) in [6.45, 7) is 40.9. The minimum Gasteiger partial charge on any atom is -0.396 e. The van der Waals surface area contributed by atoms with Gasteiger partial charge in [-0.25, -0.2) is 0 Å². The van der Waals surface area contributed by atoms with Gasteiger partial charge in [0.1, 0.15) is 0 Å². The molecule has 0 aliphatic carbocycles. The van der Waals surface area contributed by atoms with Gasteiger partial charge in [0.2, 0.25) is 0 Å². The van der Waals surface area contributed by atoms with Crippen molar-refractivity contribution >= 4 is 0 Å². The minimum absolute atomic E-state index is 0. The summed E-state index contributed by atoms with van der Waals surface area (Å²) in [7, 11) is 0. The van der Waals surface area contributed by atoms with Crippen molar-refractivity contribution < 1.29 is 95.8 Å². The third kappa shape index (κ3) is 1070. The molecule has 0 rings (SSSR count). The van der Waals surface area contributed by atoms with Crippen LogP contribution >= 0.6 is 0 Å². The Hall–Kier alpha value is 1.90. The van der Waals surface area contributed by atoms with E-state index < -0.39 is 16.8 Å². The number of aliphatic hydroxyl groups excluding tert-OH is 3. The molecule has 0 aromatic rings. The summed E-state index contributed by atoms with van der Waals surface area (Å²) in [6.07, 6.45) is 0. The summed E-state index contributed by atoms with van der Waals surface area (Å²) >= 11 is 0. The summed E-state index contributed by atoms with van der Waals surface area (Å²) in [4.78, 5) is 0. The van der Waals surface area contributed by atoms with Gasteiger partial charge < -0.3 is 42.5 Å². The van der Waals surface area contributed by atoms with Gasteiger partial charge in [0.05, 0.1) is 16.8 Å². The van der Waals surface area contributed by atoms with Crippen LogP contribution in [0.4, 0.5) is 0 Å². The third-order valence-corrected chi connectivity index (χ3v) is 1.10. The number of hydrogen-bond donors (Lipinski definition) is 6. The van der Waals surface area contributed by atoms with Crippen LogP contribution in [-0.4, -0.2) is 67.3 Å². The molecule has 0 amide bonds. The van der Waals surface area contributed by atoms with Gasteiger partial charge in [-0.2, -0.15) is 41.5 Å². The second-order valence-electron chi connectivity index (χ2n) is 14.2. The normalized spacial score (nSPS) is 9.66. The maximum Gasteiger partial charge on any atom is 0.0563 e. The molecule has 0 saturated heterocycles. The first-order valence-corrected chi connectivity index (χ1v) is 13.8.